The average Bonchev–Trinajstić information content (AvgIpc) is 3.00. The summed E-state index contributed by atoms with van der Waals surface area (Å²) >= 11 is 0. The summed E-state index contributed by atoms with van der Waals surface area (Å²) < 4.78 is 1.66. The highest BCUT2D eigenvalue weighted by atomic mass is 16.2. The summed E-state index contributed by atoms with van der Waals surface area (Å²) in [5, 5.41) is 13.2. The van der Waals surface area contributed by atoms with Gasteiger partial charge in [0.2, 0.25) is 5.91 Å². The number of fused-ring (bicyclic) bond motifs is 1. The molecule has 0 saturated carbocycles. The number of anilines is 1. The van der Waals surface area contributed by atoms with Crippen LogP contribution in [0.3, 0.4) is 0 Å². The number of nitrogens with zero attached hydrogens (tertiary/aromatic N) is 3. The van der Waals surface area contributed by atoms with Crippen LogP contribution in [0.25, 0.3) is 0 Å². The Morgan fingerprint density at radius 2 is 2.29 bits per heavy atom. The highest BCUT2D eigenvalue weighted by molar-refractivity contribution is 5.97. The Morgan fingerprint density at radius 1 is 1.38 bits per heavy atom. The lowest BCUT2D eigenvalue weighted by atomic mass is 10.00. The Balaban J connectivity index is 1.61. The van der Waals surface area contributed by atoms with Gasteiger partial charge in [0, 0.05) is 30.4 Å². The standard InChI is InChI=1S/C14H15N5O2/c20-13-4-2-10-9-11(1-3-12(10)17-13)14(21)15-5-7-19-8-6-16-18-19/h1,3,6,8-9H,2,4-5,7H2,(H,15,21)(H,17,20). The molecule has 0 aliphatic carbocycles. The van der Waals surface area contributed by atoms with Crippen molar-refractivity contribution in [2.24, 2.45) is 0 Å². The second kappa shape index (κ2) is 5.74. The van der Waals surface area contributed by atoms with E-state index in [1.807, 2.05) is 6.07 Å². The molecule has 108 valence electrons. The van der Waals surface area contributed by atoms with Crippen molar-refractivity contribution in [1.82, 2.24) is 20.3 Å². The van der Waals surface area contributed by atoms with Gasteiger partial charge in [-0.2, -0.15) is 0 Å². The van der Waals surface area contributed by atoms with E-state index in [-0.39, 0.29) is 11.8 Å². The molecule has 21 heavy (non-hydrogen) atoms. The summed E-state index contributed by atoms with van der Waals surface area (Å²) in [6.45, 7) is 1.06. The highest BCUT2D eigenvalue weighted by Crippen LogP contribution is 2.23. The van der Waals surface area contributed by atoms with Gasteiger partial charge in [-0.15, -0.1) is 5.10 Å². The molecule has 1 aromatic carbocycles. The number of hydrogen-bond donors (Lipinski definition) is 2. The lowest BCUT2D eigenvalue weighted by Gasteiger charge is -2.17. The first kappa shape index (κ1) is 13.3. The van der Waals surface area contributed by atoms with Crippen LogP contribution in [-0.2, 0) is 17.8 Å². The van der Waals surface area contributed by atoms with E-state index in [2.05, 4.69) is 20.9 Å². The van der Waals surface area contributed by atoms with Crippen molar-refractivity contribution in [3.63, 3.8) is 0 Å². The molecule has 0 atom stereocenters. The van der Waals surface area contributed by atoms with Crippen LogP contribution in [0.15, 0.2) is 30.6 Å². The maximum Gasteiger partial charge on any atom is 0.251 e. The van der Waals surface area contributed by atoms with Crippen LogP contribution in [0.2, 0.25) is 0 Å². The van der Waals surface area contributed by atoms with E-state index in [0.29, 0.717) is 31.5 Å². The number of aryl methyl sites for hydroxylation is 1. The van der Waals surface area contributed by atoms with E-state index >= 15 is 0 Å². The molecule has 0 unspecified atom stereocenters. The van der Waals surface area contributed by atoms with Crippen molar-refractivity contribution >= 4 is 17.5 Å². The molecule has 1 aromatic heterocycles. The molecule has 3 rings (SSSR count). The zero-order valence-corrected chi connectivity index (χ0v) is 11.4. The quantitative estimate of drug-likeness (QED) is 0.860. The maximum absolute atomic E-state index is 12.1. The van der Waals surface area contributed by atoms with Crippen LogP contribution >= 0.6 is 0 Å². The van der Waals surface area contributed by atoms with Crippen molar-refractivity contribution < 1.29 is 9.59 Å². The summed E-state index contributed by atoms with van der Waals surface area (Å²) in [4.78, 5) is 23.4. The Bertz CT molecular complexity index is 666. The molecular formula is C14H15N5O2. The number of aromatic nitrogens is 3. The lowest BCUT2D eigenvalue weighted by molar-refractivity contribution is -0.116. The summed E-state index contributed by atoms with van der Waals surface area (Å²) in [6.07, 6.45) is 4.47. The van der Waals surface area contributed by atoms with Gasteiger partial charge in [0.25, 0.3) is 5.91 Å². The molecule has 7 heteroatoms. The van der Waals surface area contributed by atoms with Crippen molar-refractivity contribution in [1.29, 1.82) is 0 Å². The van der Waals surface area contributed by atoms with Crippen LogP contribution in [-0.4, -0.2) is 33.4 Å². The van der Waals surface area contributed by atoms with Crippen molar-refractivity contribution in [2.45, 2.75) is 19.4 Å². The van der Waals surface area contributed by atoms with E-state index < -0.39 is 0 Å². The summed E-state index contributed by atoms with van der Waals surface area (Å²) in [5.74, 6) is -0.109. The fraction of sp³-hybridized carbons (Fsp3) is 0.286. The van der Waals surface area contributed by atoms with Gasteiger partial charge in [-0.1, -0.05) is 5.21 Å². The molecule has 0 radical (unpaired) electrons. The Kier molecular flexibility index (Phi) is 3.63. The minimum absolute atomic E-state index is 0.0209. The molecular weight excluding hydrogens is 270 g/mol. The van der Waals surface area contributed by atoms with Gasteiger partial charge in [-0.05, 0) is 30.2 Å². The zero-order valence-electron chi connectivity index (χ0n) is 11.4. The molecule has 2 N–H and O–H groups in total. The molecule has 0 fully saturated rings. The summed E-state index contributed by atoms with van der Waals surface area (Å²) in [7, 11) is 0. The van der Waals surface area contributed by atoms with Gasteiger partial charge in [-0.3, -0.25) is 14.3 Å². The third-order valence-electron chi connectivity index (χ3n) is 3.36. The maximum atomic E-state index is 12.1. The summed E-state index contributed by atoms with van der Waals surface area (Å²) in [6, 6.07) is 5.33. The van der Waals surface area contributed by atoms with E-state index in [1.165, 1.54) is 0 Å². The number of amides is 2. The first-order valence-corrected chi connectivity index (χ1v) is 6.77. The van der Waals surface area contributed by atoms with Gasteiger partial charge in [0.15, 0.2) is 0 Å². The smallest absolute Gasteiger partial charge is 0.251 e. The molecule has 1 aliphatic rings. The van der Waals surface area contributed by atoms with E-state index in [1.54, 1.807) is 29.2 Å². The Morgan fingerprint density at radius 3 is 3.10 bits per heavy atom. The third kappa shape index (κ3) is 3.07. The molecule has 2 aromatic rings. The zero-order chi connectivity index (χ0) is 14.7. The molecule has 2 amide bonds. The second-order valence-electron chi connectivity index (χ2n) is 4.84. The molecule has 7 nitrogen and oxygen atoms in total. The minimum atomic E-state index is -0.130. The largest absolute Gasteiger partial charge is 0.350 e. The van der Waals surface area contributed by atoms with Gasteiger partial charge in [0.05, 0.1) is 12.7 Å². The van der Waals surface area contributed by atoms with Crippen molar-refractivity contribution in [3.05, 3.63) is 41.7 Å². The first-order chi connectivity index (χ1) is 10.2. The number of hydrogen-bond acceptors (Lipinski definition) is 4. The van der Waals surface area contributed by atoms with Crippen LogP contribution < -0.4 is 10.6 Å². The molecule has 1 aliphatic heterocycles. The lowest BCUT2D eigenvalue weighted by Crippen LogP contribution is -2.28. The number of carbonyl (C=O) groups excluding carboxylic acids is 2. The minimum Gasteiger partial charge on any atom is -0.350 e. The fourth-order valence-corrected chi connectivity index (χ4v) is 2.26. The number of nitrogens with one attached hydrogen (secondary N) is 2. The first-order valence-electron chi connectivity index (χ1n) is 6.77. The van der Waals surface area contributed by atoms with Crippen LogP contribution in [0.5, 0.6) is 0 Å². The third-order valence-corrected chi connectivity index (χ3v) is 3.36. The monoisotopic (exact) mass is 285 g/mol. The Hall–Kier alpha value is -2.70. The predicted octanol–water partition coefficient (Wildman–Crippen LogP) is 0.593. The predicted molar refractivity (Wildman–Crippen MR) is 75.7 cm³/mol. The van der Waals surface area contributed by atoms with Crippen molar-refractivity contribution in [3.8, 4) is 0 Å². The Labute approximate surface area is 121 Å². The molecule has 0 spiro atoms. The van der Waals surface area contributed by atoms with Gasteiger partial charge < -0.3 is 10.6 Å². The summed E-state index contributed by atoms with van der Waals surface area (Å²) in [5.41, 5.74) is 2.40. The van der Waals surface area contributed by atoms with E-state index in [9.17, 15) is 9.59 Å². The van der Waals surface area contributed by atoms with Gasteiger partial charge in [0.1, 0.15) is 0 Å². The molecule has 0 saturated heterocycles. The average molecular weight is 285 g/mol. The SMILES string of the molecule is O=C1CCc2cc(C(=O)NCCn3ccnn3)ccc2N1. The van der Waals surface area contributed by atoms with Crippen LogP contribution in [0.1, 0.15) is 22.3 Å². The molecule has 2 heterocycles. The van der Waals surface area contributed by atoms with Gasteiger partial charge in [-0.25, -0.2) is 0 Å². The van der Waals surface area contributed by atoms with E-state index in [0.717, 1.165) is 11.3 Å². The fourth-order valence-electron chi connectivity index (χ4n) is 2.26. The van der Waals surface area contributed by atoms with Crippen molar-refractivity contribution in [2.75, 3.05) is 11.9 Å². The number of carbonyl (C=O) groups is 2. The number of benzene rings is 1. The topological polar surface area (TPSA) is 88.9 Å². The van der Waals surface area contributed by atoms with Crippen LogP contribution in [0.4, 0.5) is 5.69 Å². The van der Waals surface area contributed by atoms with E-state index in [4.69, 9.17) is 0 Å². The number of rotatable bonds is 4. The van der Waals surface area contributed by atoms with Crippen LogP contribution in [0, 0.1) is 0 Å². The molecule has 0 bridgehead atoms. The normalized spacial score (nSPS) is 13.4. The second-order valence-corrected chi connectivity index (χ2v) is 4.84. The van der Waals surface area contributed by atoms with Gasteiger partial charge >= 0.3 is 0 Å². The highest BCUT2D eigenvalue weighted by Gasteiger charge is 2.16.